The summed E-state index contributed by atoms with van der Waals surface area (Å²) in [6.07, 6.45) is -10.4. The normalized spacial score (nSPS) is 15.2. The average molecular weight is 254 g/mol. The van der Waals surface area contributed by atoms with Crippen LogP contribution in [0.3, 0.4) is 0 Å². The summed E-state index contributed by atoms with van der Waals surface area (Å²) in [7, 11) is 0. The van der Waals surface area contributed by atoms with Crippen LogP contribution in [0.5, 0.6) is 0 Å². The molecule has 0 aliphatic rings. The molecule has 98 valence electrons. The minimum absolute atomic E-state index is 0.433. The summed E-state index contributed by atoms with van der Waals surface area (Å²) in [5.41, 5.74) is 1.97. The lowest BCUT2D eigenvalue weighted by atomic mass is 10.2. The van der Waals surface area contributed by atoms with E-state index in [-0.39, 0.29) is 0 Å². The summed E-state index contributed by atoms with van der Waals surface area (Å²) in [5.74, 6) is 4.87. The SMILES string of the molecule is NNC(CCC(F)(F)F)COCC(F)(F)F. The van der Waals surface area contributed by atoms with E-state index < -0.39 is 44.4 Å². The molecule has 0 aromatic rings. The maximum atomic E-state index is 11.8. The minimum Gasteiger partial charge on any atom is -0.370 e. The molecule has 0 bridgehead atoms. The van der Waals surface area contributed by atoms with Gasteiger partial charge in [-0.15, -0.1) is 0 Å². The van der Waals surface area contributed by atoms with E-state index in [1.54, 1.807) is 0 Å². The van der Waals surface area contributed by atoms with Crippen molar-refractivity contribution >= 4 is 0 Å². The van der Waals surface area contributed by atoms with E-state index in [0.717, 1.165) is 0 Å². The predicted molar refractivity (Wildman–Crippen MR) is 43.3 cm³/mol. The molecule has 9 heteroatoms. The predicted octanol–water partition coefficient (Wildman–Crippen LogP) is 1.74. The van der Waals surface area contributed by atoms with Crippen LogP contribution in [0, 0.1) is 0 Å². The Bertz CT molecular complexity index is 192. The second-order valence-corrected chi connectivity index (χ2v) is 3.15. The molecule has 0 aromatic heterocycles. The van der Waals surface area contributed by atoms with Gasteiger partial charge in [0.2, 0.25) is 0 Å². The highest BCUT2D eigenvalue weighted by molar-refractivity contribution is 4.65. The molecular weight excluding hydrogens is 242 g/mol. The van der Waals surface area contributed by atoms with Crippen LogP contribution in [-0.4, -0.2) is 31.6 Å². The third-order valence-corrected chi connectivity index (χ3v) is 1.60. The number of ether oxygens (including phenoxy) is 1. The smallest absolute Gasteiger partial charge is 0.370 e. The van der Waals surface area contributed by atoms with Crippen LogP contribution in [0.2, 0.25) is 0 Å². The Kier molecular flexibility index (Phi) is 6.05. The van der Waals surface area contributed by atoms with Crippen molar-refractivity contribution in [1.82, 2.24) is 5.43 Å². The van der Waals surface area contributed by atoms with E-state index >= 15 is 0 Å². The Balaban J connectivity index is 3.76. The first-order chi connectivity index (χ1) is 7.14. The lowest BCUT2D eigenvalue weighted by Gasteiger charge is -2.17. The molecule has 3 nitrogen and oxygen atoms in total. The van der Waals surface area contributed by atoms with Crippen molar-refractivity contribution in [2.75, 3.05) is 13.2 Å². The lowest BCUT2D eigenvalue weighted by molar-refractivity contribution is -0.176. The molecule has 0 aromatic carbocycles. The number of halogens is 6. The molecule has 0 rings (SSSR count). The van der Waals surface area contributed by atoms with E-state index in [4.69, 9.17) is 5.84 Å². The molecule has 16 heavy (non-hydrogen) atoms. The third kappa shape index (κ3) is 9.99. The average Bonchev–Trinajstić information content (AvgIpc) is 2.07. The molecule has 3 N–H and O–H groups in total. The van der Waals surface area contributed by atoms with Gasteiger partial charge in [-0.3, -0.25) is 11.3 Å². The summed E-state index contributed by atoms with van der Waals surface area (Å²) in [5, 5.41) is 0. The van der Waals surface area contributed by atoms with Gasteiger partial charge in [0.1, 0.15) is 6.61 Å². The molecule has 0 fully saturated rings. The molecule has 0 saturated carbocycles. The van der Waals surface area contributed by atoms with Gasteiger partial charge >= 0.3 is 12.4 Å². The largest absolute Gasteiger partial charge is 0.411 e. The molecule has 1 atom stereocenters. The van der Waals surface area contributed by atoms with Crippen molar-refractivity contribution in [3.63, 3.8) is 0 Å². The van der Waals surface area contributed by atoms with Crippen LogP contribution in [0.1, 0.15) is 12.8 Å². The van der Waals surface area contributed by atoms with Gasteiger partial charge in [0.05, 0.1) is 6.61 Å². The molecule has 0 aliphatic heterocycles. The Morgan fingerprint density at radius 1 is 1.06 bits per heavy atom. The van der Waals surface area contributed by atoms with Crippen LogP contribution < -0.4 is 11.3 Å². The first-order valence-electron chi connectivity index (χ1n) is 4.31. The maximum absolute atomic E-state index is 11.8. The summed E-state index contributed by atoms with van der Waals surface area (Å²) >= 11 is 0. The zero-order chi connectivity index (χ0) is 12.8. The van der Waals surface area contributed by atoms with Crippen LogP contribution in [0.4, 0.5) is 26.3 Å². The highest BCUT2D eigenvalue weighted by Gasteiger charge is 2.30. The van der Waals surface area contributed by atoms with Gasteiger partial charge in [0.25, 0.3) is 0 Å². The Morgan fingerprint density at radius 2 is 1.62 bits per heavy atom. The zero-order valence-electron chi connectivity index (χ0n) is 8.16. The van der Waals surface area contributed by atoms with Gasteiger partial charge in [0.15, 0.2) is 0 Å². The monoisotopic (exact) mass is 254 g/mol. The second kappa shape index (κ2) is 6.26. The highest BCUT2D eigenvalue weighted by Crippen LogP contribution is 2.22. The zero-order valence-corrected chi connectivity index (χ0v) is 8.16. The highest BCUT2D eigenvalue weighted by atomic mass is 19.4. The van der Waals surface area contributed by atoms with Crippen molar-refractivity contribution in [3.8, 4) is 0 Å². The van der Waals surface area contributed by atoms with E-state index in [1.165, 1.54) is 0 Å². The van der Waals surface area contributed by atoms with E-state index in [1.807, 2.05) is 5.43 Å². The summed E-state index contributed by atoms with van der Waals surface area (Å²) in [6.45, 7) is -2.02. The second-order valence-electron chi connectivity index (χ2n) is 3.15. The quantitative estimate of drug-likeness (QED) is 0.431. The fraction of sp³-hybridized carbons (Fsp3) is 1.00. The fourth-order valence-corrected chi connectivity index (χ4v) is 0.870. The van der Waals surface area contributed by atoms with Crippen molar-refractivity contribution in [1.29, 1.82) is 0 Å². The molecule has 0 saturated heterocycles. The number of nitrogens with one attached hydrogen (secondary N) is 1. The summed E-state index contributed by atoms with van der Waals surface area (Å²) < 4.78 is 74.4. The van der Waals surface area contributed by atoms with Crippen molar-refractivity contribution in [2.45, 2.75) is 31.2 Å². The van der Waals surface area contributed by atoms with Gasteiger partial charge in [-0.2, -0.15) is 26.3 Å². The van der Waals surface area contributed by atoms with Crippen molar-refractivity contribution < 1.29 is 31.1 Å². The first kappa shape index (κ1) is 15.5. The number of rotatable bonds is 6. The van der Waals surface area contributed by atoms with Crippen LogP contribution in [0.25, 0.3) is 0 Å². The first-order valence-corrected chi connectivity index (χ1v) is 4.31. The molecule has 0 amide bonds. The van der Waals surface area contributed by atoms with Gasteiger partial charge < -0.3 is 4.74 Å². The standard InChI is InChI=1S/C7H12F6N2O/c8-6(9,10)2-1-5(15-14)3-16-4-7(11,12)13/h5,15H,1-4,14H2. The van der Waals surface area contributed by atoms with Gasteiger partial charge in [-0.1, -0.05) is 0 Å². The Labute approximate surface area is 87.9 Å². The molecule has 1 unspecified atom stereocenters. The van der Waals surface area contributed by atoms with E-state index in [2.05, 4.69) is 4.74 Å². The molecule has 0 heterocycles. The fourth-order valence-electron chi connectivity index (χ4n) is 0.870. The molecule has 0 aliphatic carbocycles. The lowest BCUT2D eigenvalue weighted by Crippen LogP contribution is -2.40. The molecular formula is C7H12F6N2O. The molecule has 0 radical (unpaired) electrons. The van der Waals surface area contributed by atoms with Gasteiger partial charge in [-0.05, 0) is 6.42 Å². The van der Waals surface area contributed by atoms with Gasteiger partial charge in [-0.25, -0.2) is 0 Å². The number of nitrogens with two attached hydrogens (primary N) is 1. The van der Waals surface area contributed by atoms with Crippen LogP contribution in [-0.2, 0) is 4.74 Å². The van der Waals surface area contributed by atoms with E-state index in [0.29, 0.717) is 0 Å². The number of hydrogen-bond donors (Lipinski definition) is 2. The summed E-state index contributed by atoms with van der Waals surface area (Å²) in [4.78, 5) is 0. The Hall–Kier alpha value is -0.540. The number of hydrogen-bond acceptors (Lipinski definition) is 3. The van der Waals surface area contributed by atoms with Crippen molar-refractivity contribution in [2.24, 2.45) is 5.84 Å². The van der Waals surface area contributed by atoms with E-state index in [9.17, 15) is 26.3 Å². The van der Waals surface area contributed by atoms with Crippen LogP contribution >= 0.6 is 0 Å². The van der Waals surface area contributed by atoms with Crippen LogP contribution in [0.15, 0.2) is 0 Å². The summed E-state index contributed by atoms with van der Waals surface area (Å²) in [6, 6.07) is -0.955. The van der Waals surface area contributed by atoms with Gasteiger partial charge in [0, 0.05) is 12.5 Å². The minimum atomic E-state index is -4.50. The topological polar surface area (TPSA) is 47.3 Å². The van der Waals surface area contributed by atoms with Crippen molar-refractivity contribution in [3.05, 3.63) is 0 Å². The molecule has 0 spiro atoms. The maximum Gasteiger partial charge on any atom is 0.411 e. The number of alkyl halides is 6. The number of hydrazine groups is 1. The third-order valence-electron chi connectivity index (χ3n) is 1.60. The Morgan fingerprint density at radius 3 is 2.00 bits per heavy atom.